The summed E-state index contributed by atoms with van der Waals surface area (Å²) >= 11 is 3.13. The molecule has 0 atom stereocenters. The Labute approximate surface area is 851 Å². The van der Waals surface area contributed by atoms with E-state index in [2.05, 4.69) is 62.3 Å². The summed E-state index contributed by atoms with van der Waals surface area (Å²) in [6, 6.07) is 61.3. The van der Waals surface area contributed by atoms with E-state index in [-0.39, 0.29) is 76.2 Å². The third kappa shape index (κ3) is 37.9. The molecule has 2 aliphatic rings. The smallest absolute Gasteiger partial charge is 0.444 e. The quantitative estimate of drug-likeness (QED) is 0.00690. The zero-order valence-corrected chi connectivity index (χ0v) is 84.9. The summed E-state index contributed by atoms with van der Waals surface area (Å²) < 4.78 is 93.0. The Hall–Kier alpha value is -15.7. The third-order valence-corrected chi connectivity index (χ3v) is 21.0. The number of Topliss-reactive ketones (excluding diaryl/α,β-unsaturated/α-hetero) is 2. The van der Waals surface area contributed by atoms with Gasteiger partial charge in [0.25, 0.3) is 11.4 Å². The number of carbonyl (C=O) groups excluding carboxylic acids is 7. The minimum absolute atomic E-state index is 0.00871. The van der Waals surface area contributed by atoms with Gasteiger partial charge in [-0.05, 0) is 304 Å². The maximum atomic E-state index is 13.9. The molecule has 32 nitrogen and oxygen atoms in total. The standard InChI is InChI=1S/C33H39FN4O5.C23H23FN4O.C17H17FN2O4.C17H19FN2O2.C11H13BrN2O4.C6H6BFO2/c1-32(2,3)42-30(40)36-27-12-10-23(22-8-7-9-26(34)19-22)18-25(27)20-28(39)24-11-13-29(35-21-24)37-14-16-38(17-15-37)31(41)43-33(4,5)6;24-20-3-1-2-16(13-20)17-4-6-21(25)19(12-17)14-22(29)18-5-7-23(27-15-18)28-10-8-26-9-11-28;1-17(2,3)24-16(21)19-14-8-7-12(10-15(14)20(22)23)11-5-4-6-13(18)9-11;1-17(2,3)22-16(21)20-15-8-7-12(10-14(15)19)11-5-4-6-13(18)9-11;1-11(2,3)18-10(15)13-8-5-4-7(12)6-9(8)14(16)17;8-6-3-1-2-5(4-6)7(9)10/h7-13,18-19,21H,14-17,20H2,1-6H3,(H,36,40);1-7,12-13,15,26H,8-11,14,25H2;4-10H,1-3H3,(H,19,21);4-10H,19H2,1-3H3,(H,20,21);4-6H,1-3H3,(H,13,15);1-4,9-10H. The molecule has 2 saturated heterocycles. The lowest BCUT2D eigenvalue weighted by Gasteiger charge is -2.36. The summed E-state index contributed by atoms with van der Waals surface area (Å²) in [6.07, 6.45) is 0.255. The van der Waals surface area contributed by atoms with Crippen molar-refractivity contribution in [3.05, 3.63) is 325 Å². The number of nitrogen functional groups attached to an aromatic ring is 2. The highest BCUT2D eigenvalue weighted by Crippen LogP contribution is 2.36. The molecule has 14 rings (SSSR count). The van der Waals surface area contributed by atoms with E-state index in [0.29, 0.717) is 98.2 Å². The first-order chi connectivity index (χ1) is 68.5. The van der Waals surface area contributed by atoms with Crippen molar-refractivity contribution < 1.29 is 99.1 Å². The number of halogens is 6. The summed E-state index contributed by atoms with van der Waals surface area (Å²) in [4.78, 5) is 122. The average Bonchev–Trinajstić information content (AvgIpc) is 0.813. The molecule has 2 aliphatic heterocycles. The van der Waals surface area contributed by atoms with Crippen LogP contribution in [-0.4, -0.2) is 164 Å². The van der Waals surface area contributed by atoms with Crippen molar-refractivity contribution in [3.63, 3.8) is 0 Å². The summed E-state index contributed by atoms with van der Waals surface area (Å²) in [5, 5.41) is 52.5. The van der Waals surface area contributed by atoms with Crippen molar-refractivity contribution in [2.75, 3.05) is 94.9 Å². The number of hydrogen-bond donors (Lipinski definition) is 9. The number of ether oxygens (including phenoxy) is 5. The van der Waals surface area contributed by atoms with Gasteiger partial charge in [0.15, 0.2) is 11.6 Å². The van der Waals surface area contributed by atoms with Crippen LogP contribution in [0.4, 0.5) is 103 Å². The highest BCUT2D eigenvalue weighted by Gasteiger charge is 2.30. The molecule has 0 aliphatic carbocycles. The molecule has 39 heteroatoms. The number of piperazine rings is 2. The van der Waals surface area contributed by atoms with Gasteiger partial charge >= 0.3 is 37.6 Å². The van der Waals surface area contributed by atoms with E-state index < -0.39 is 81.0 Å². The first-order valence-electron chi connectivity index (χ1n) is 46.0. The highest BCUT2D eigenvalue weighted by atomic mass is 79.9. The van der Waals surface area contributed by atoms with Crippen molar-refractivity contribution in [3.8, 4) is 44.5 Å². The lowest BCUT2D eigenvalue weighted by atomic mass is 9.80. The van der Waals surface area contributed by atoms with Gasteiger partial charge in [0, 0.05) is 117 Å². The summed E-state index contributed by atoms with van der Waals surface area (Å²) in [5.74, 6) is -0.541. The molecule has 0 spiro atoms. The number of nitrogens with two attached hydrogens (primary N) is 2. The van der Waals surface area contributed by atoms with Crippen LogP contribution < -0.4 is 53.3 Å². The van der Waals surface area contributed by atoms with Crippen LogP contribution in [0.1, 0.15) is 136 Å². The number of ketones is 2. The maximum absolute atomic E-state index is 13.9. The third-order valence-electron chi connectivity index (χ3n) is 20.5. The van der Waals surface area contributed by atoms with Crippen molar-refractivity contribution in [2.45, 2.75) is 145 Å². The monoisotopic (exact) mass is 2070 g/mol. The van der Waals surface area contributed by atoms with Gasteiger partial charge in [-0.25, -0.2) is 55.9 Å². The van der Waals surface area contributed by atoms with Crippen molar-refractivity contribution in [2.24, 2.45) is 0 Å². The first kappa shape index (κ1) is 114. The largest absolute Gasteiger partial charge is 0.488 e. The number of amides is 5. The van der Waals surface area contributed by atoms with Gasteiger partial charge in [-0.3, -0.25) is 51.1 Å². The SMILES string of the molecule is CC(C)(C)OC(=O)Nc1ccc(-c2cccc(F)c2)cc1CC(=O)c1ccc(N2CCN(C(=O)OC(C)(C)C)CC2)nc1.CC(C)(C)OC(=O)Nc1ccc(-c2cccc(F)c2)cc1N.CC(C)(C)OC(=O)Nc1ccc(-c2cccc(F)c2)cc1[N+](=O)[O-].CC(C)(C)OC(=O)Nc1ccc(Br)cc1[N+](=O)[O-].Nc1ccc(-c2cccc(F)c2)cc1CC(=O)c1ccc(N2CCNCC2)nc1.OB(O)c1cccc(F)c1. The van der Waals surface area contributed by atoms with Crippen LogP contribution in [0.3, 0.4) is 0 Å². The minimum Gasteiger partial charge on any atom is -0.444 e. The number of rotatable bonds is 19. The summed E-state index contributed by atoms with van der Waals surface area (Å²) in [5.41, 5.74) is 18.0. The fourth-order valence-corrected chi connectivity index (χ4v) is 14.3. The van der Waals surface area contributed by atoms with Gasteiger partial charge in [0.05, 0.1) is 21.2 Å². The van der Waals surface area contributed by atoms with Gasteiger partial charge in [-0.1, -0.05) is 101 Å². The number of benzene rings is 10. The molecule has 11 N–H and O–H groups in total. The molecular weight excluding hydrogens is 1950 g/mol. The van der Waals surface area contributed by atoms with Crippen LogP contribution >= 0.6 is 15.9 Å². The van der Waals surface area contributed by atoms with Crippen LogP contribution in [0.25, 0.3) is 44.5 Å². The number of nitro groups is 2. The number of nitrogens with one attached hydrogen (secondary N) is 5. The Bertz CT molecular complexity index is 6610. The number of anilines is 8. The van der Waals surface area contributed by atoms with E-state index >= 15 is 0 Å². The van der Waals surface area contributed by atoms with E-state index in [9.17, 15) is 75.7 Å². The number of pyridine rings is 2. The predicted molar refractivity (Wildman–Crippen MR) is 559 cm³/mol. The van der Waals surface area contributed by atoms with Crippen LogP contribution in [-0.2, 0) is 36.5 Å². The Morgan fingerprint density at radius 2 is 0.726 bits per heavy atom. The second-order valence-corrected chi connectivity index (χ2v) is 39.1. The second kappa shape index (κ2) is 51.5. The minimum atomic E-state index is -1.59. The molecule has 0 saturated carbocycles. The highest BCUT2D eigenvalue weighted by molar-refractivity contribution is 9.10. The van der Waals surface area contributed by atoms with E-state index in [1.165, 1.54) is 103 Å². The molecule has 10 aromatic carbocycles. The van der Waals surface area contributed by atoms with Crippen molar-refractivity contribution in [1.82, 2.24) is 20.2 Å². The first-order valence-corrected chi connectivity index (χ1v) is 46.8. The lowest BCUT2D eigenvalue weighted by molar-refractivity contribution is -0.384. The topological polar surface area (TPSA) is 440 Å². The lowest BCUT2D eigenvalue weighted by Crippen LogP contribution is -2.50. The molecule has 5 amide bonds. The molecular formula is C107H117BBrF5N14O18. The molecule has 2 fully saturated rings. The molecule has 0 radical (unpaired) electrons. The van der Waals surface area contributed by atoms with E-state index in [1.54, 1.807) is 197 Å². The zero-order chi connectivity index (χ0) is 107. The average molecular weight is 2070 g/mol. The fourth-order valence-electron chi connectivity index (χ4n) is 13.9. The zero-order valence-electron chi connectivity index (χ0n) is 83.3. The molecule has 2 aromatic heterocycles. The Kier molecular flexibility index (Phi) is 40.1. The van der Waals surface area contributed by atoms with Gasteiger partial charge in [-0.2, -0.15) is 0 Å². The number of hydrogen-bond acceptors (Lipinski definition) is 25. The normalized spacial score (nSPS) is 12.3. The predicted octanol–water partition coefficient (Wildman–Crippen LogP) is 22.4. The molecule has 12 aromatic rings. The number of aromatic nitrogens is 2. The molecule has 0 unspecified atom stereocenters. The Morgan fingerprint density at radius 1 is 0.390 bits per heavy atom. The van der Waals surface area contributed by atoms with Crippen molar-refractivity contribution in [1.29, 1.82) is 0 Å². The van der Waals surface area contributed by atoms with Gasteiger partial charge in [-0.15, -0.1) is 0 Å². The van der Waals surface area contributed by atoms with Crippen LogP contribution in [0.5, 0.6) is 0 Å². The van der Waals surface area contributed by atoms with Gasteiger partial charge in [0.2, 0.25) is 0 Å². The number of nitro benzene ring substituents is 2. The summed E-state index contributed by atoms with van der Waals surface area (Å²) in [7, 11) is -1.59. The van der Waals surface area contributed by atoms with Crippen molar-refractivity contribution >= 4 is 128 Å². The molecule has 4 heterocycles. The molecule has 0 bridgehead atoms. The second-order valence-electron chi connectivity index (χ2n) is 38.2. The Morgan fingerprint density at radius 3 is 1.10 bits per heavy atom. The molecule has 146 heavy (non-hydrogen) atoms. The van der Waals surface area contributed by atoms with Crippen LogP contribution in [0.2, 0.25) is 0 Å². The number of nitrogens with zero attached hydrogens (tertiary/aromatic N) is 7. The molecule has 768 valence electrons. The number of carbonyl (C=O) groups is 7. The van der Waals surface area contributed by atoms with E-state index in [4.69, 9.17) is 45.2 Å². The fraction of sp³-hybridized carbons (Fsp3) is 0.280. The van der Waals surface area contributed by atoms with Gasteiger partial charge in [0.1, 0.15) is 80.1 Å². The van der Waals surface area contributed by atoms with Gasteiger partial charge < -0.3 is 65.2 Å². The summed E-state index contributed by atoms with van der Waals surface area (Å²) in [6.45, 7) is 32.2. The van der Waals surface area contributed by atoms with E-state index in [0.717, 1.165) is 65.9 Å². The van der Waals surface area contributed by atoms with Crippen LogP contribution in [0.15, 0.2) is 253 Å². The maximum Gasteiger partial charge on any atom is 0.488 e. The van der Waals surface area contributed by atoms with E-state index in [1.807, 2.05) is 51.1 Å². The van der Waals surface area contributed by atoms with Crippen LogP contribution in [0, 0.1) is 49.3 Å². The Balaban J connectivity index is 0.000000204.